The highest BCUT2D eigenvalue weighted by molar-refractivity contribution is 6.07. The van der Waals surface area contributed by atoms with Gasteiger partial charge in [-0.15, -0.1) is 0 Å². The number of hydrogen-bond acceptors (Lipinski definition) is 5. The highest BCUT2D eigenvalue weighted by Gasteiger charge is 2.16. The number of rotatable bonds is 8. The van der Waals surface area contributed by atoms with Gasteiger partial charge in [0.2, 0.25) is 0 Å². The minimum Gasteiger partial charge on any atom is -0.462 e. The molecule has 4 rings (SSSR count). The van der Waals surface area contributed by atoms with Crippen LogP contribution in [-0.2, 0) is 20.7 Å². The zero-order chi connectivity index (χ0) is 25.1. The molecular formula is C30H28O5. The van der Waals surface area contributed by atoms with E-state index in [2.05, 4.69) is 49.6 Å². The average Bonchev–Trinajstić information content (AvgIpc) is 3.22. The SMILES string of the molecule is C=C(C)C(=O)OCCCc1ccc(-c2ccc3c(c2)oc2c(C)c(OC(=O)C(=C)C)ccc23)cc1. The number of fused-ring (bicyclic) bond motifs is 3. The number of esters is 2. The maximum Gasteiger partial charge on any atom is 0.338 e. The maximum atomic E-state index is 11.9. The number of aryl methyl sites for hydroxylation is 2. The van der Waals surface area contributed by atoms with Crippen LogP contribution in [-0.4, -0.2) is 18.5 Å². The van der Waals surface area contributed by atoms with E-state index in [1.165, 1.54) is 5.56 Å². The van der Waals surface area contributed by atoms with E-state index in [0.717, 1.165) is 45.9 Å². The Morgan fingerprint density at radius 1 is 0.857 bits per heavy atom. The van der Waals surface area contributed by atoms with E-state index in [1.54, 1.807) is 19.9 Å². The van der Waals surface area contributed by atoms with Crippen molar-refractivity contribution in [2.24, 2.45) is 0 Å². The van der Waals surface area contributed by atoms with E-state index in [-0.39, 0.29) is 5.97 Å². The molecule has 0 unspecified atom stereocenters. The van der Waals surface area contributed by atoms with Gasteiger partial charge in [0.25, 0.3) is 0 Å². The smallest absolute Gasteiger partial charge is 0.338 e. The van der Waals surface area contributed by atoms with Gasteiger partial charge in [-0.3, -0.25) is 0 Å². The van der Waals surface area contributed by atoms with Crippen molar-refractivity contribution in [3.05, 3.63) is 90.0 Å². The number of benzene rings is 3. The minimum absolute atomic E-state index is 0.343. The van der Waals surface area contributed by atoms with Crippen LogP contribution < -0.4 is 4.74 Å². The zero-order valence-electron chi connectivity index (χ0n) is 20.3. The summed E-state index contributed by atoms with van der Waals surface area (Å²) in [6.45, 7) is 12.7. The van der Waals surface area contributed by atoms with Crippen LogP contribution in [0.2, 0.25) is 0 Å². The van der Waals surface area contributed by atoms with Gasteiger partial charge in [0, 0.05) is 27.5 Å². The molecule has 0 bridgehead atoms. The summed E-state index contributed by atoms with van der Waals surface area (Å²) in [5.74, 6) is -0.336. The normalized spacial score (nSPS) is 10.9. The second kappa shape index (κ2) is 10.0. The lowest BCUT2D eigenvalue weighted by Crippen LogP contribution is -2.08. The van der Waals surface area contributed by atoms with Gasteiger partial charge in [-0.05, 0) is 74.6 Å². The Morgan fingerprint density at radius 3 is 2.20 bits per heavy atom. The van der Waals surface area contributed by atoms with Crippen LogP contribution in [0.4, 0.5) is 0 Å². The van der Waals surface area contributed by atoms with Crippen molar-refractivity contribution in [1.82, 2.24) is 0 Å². The number of ether oxygens (including phenoxy) is 2. The van der Waals surface area contributed by atoms with Gasteiger partial charge in [-0.2, -0.15) is 0 Å². The highest BCUT2D eigenvalue weighted by atomic mass is 16.5. The summed E-state index contributed by atoms with van der Waals surface area (Å²) in [6.07, 6.45) is 1.58. The molecule has 0 aliphatic carbocycles. The molecular weight excluding hydrogens is 440 g/mol. The molecule has 1 heterocycles. The Balaban J connectivity index is 1.52. The van der Waals surface area contributed by atoms with E-state index in [9.17, 15) is 9.59 Å². The van der Waals surface area contributed by atoms with Gasteiger partial charge in [0.1, 0.15) is 16.9 Å². The van der Waals surface area contributed by atoms with Crippen LogP contribution in [0.3, 0.4) is 0 Å². The lowest BCUT2D eigenvalue weighted by atomic mass is 10.0. The third-order valence-corrected chi connectivity index (χ3v) is 5.87. The Labute approximate surface area is 204 Å². The van der Waals surface area contributed by atoms with Crippen LogP contribution in [0.15, 0.2) is 83.3 Å². The van der Waals surface area contributed by atoms with Gasteiger partial charge in [0.05, 0.1) is 6.61 Å². The average molecular weight is 469 g/mol. The van der Waals surface area contributed by atoms with E-state index < -0.39 is 5.97 Å². The molecule has 0 saturated carbocycles. The molecule has 4 aromatic rings. The molecule has 0 fully saturated rings. The van der Waals surface area contributed by atoms with Crippen LogP contribution in [0.25, 0.3) is 33.1 Å². The standard InChI is InChI=1S/C30H28O5/c1-18(2)29(31)33-16-6-7-21-8-10-22(11-9-21)23-12-13-24-25-14-15-26(35-30(32)19(3)4)20(5)28(25)34-27(24)17-23/h8-15,17H,1,3,6-7,16H2,2,4-5H3. The second-order valence-electron chi connectivity index (χ2n) is 8.76. The molecule has 0 saturated heterocycles. The molecule has 3 aromatic carbocycles. The van der Waals surface area contributed by atoms with Crippen molar-refractivity contribution in [1.29, 1.82) is 0 Å². The van der Waals surface area contributed by atoms with Gasteiger partial charge < -0.3 is 13.9 Å². The van der Waals surface area contributed by atoms with Gasteiger partial charge in [0.15, 0.2) is 0 Å². The molecule has 0 N–H and O–H groups in total. The van der Waals surface area contributed by atoms with E-state index in [1.807, 2.05) is 19.1 Å². The first kappa shape index (κ1) is 24.0. The highest BCUT2D eigenvalue weighted by Crippen LogP contribution is 2.37. The maximum absolute atomic E-state index is 11.9. The molecule has 0 amide bonds. The third-order valence-electron chi connectivity index (χ3n) is 5.87. The lowest BCUT2D eigenvalue weighted by Gasteiger charge is -2.07. The zero-order valence-corrected chi connectivity index (χ0v) is 20.3. The van der Waals surface area contributed by atoms with Gasteiger partial charge in [-0.1, -0.05) is 43.5 Å². The van der Waals surface area contributed by atoms with E-state index in [4.69, 9.17) is 13.9 Å². The van der Waals surface area contributed by atoms with Crippen LogP contribution in [0, 0.1) is 6.92 Å². The fraction of sp³-hybridized carbons (Fsp3) is 0.200. The van der Waals surface area contributed by atoms with E-state index >= 15 is 0 Å². The number of hydrogen-bond donors (Lipinski definition) is 0. The van der Waals surface area contributed by atoms with Gasteiger partial charge in [-0.25, -0.2) is 9.59 Å². The quantitative estimate of drug-likeness (QED) is 0.119. The number of furan rings is 1. The lowest BCUT2D eigenvalue weighted by molar-refractivity contribution is -0.139. The summed E-state index contributed by atoms with van der Waals surface area (Å²) < 4.78 is 16.8. The molecule has 178 valence electrons. The van der Waals surface area contributed by atoms with Crippen LogP contribution >= 0.6 is 0 Å². The van der Waals surface area contributed by atoms with E-state index in [0.29, 0.717) is 29.1 Å². The molecule has 35 heavy (non-hydrogen) atoms. The Hall–Kier alpha value is -4.12. The second-order valence-corrected chi connectivity index (χ2v) is 8.76. The number of carbonyl (C=O) groups is 2. The first-order valence-corrected chi connectivity index (χ1v) is 11.5. The molecule has 0 aliphatic heterocycles. The Bertz CT molecular complexity index is 1450. The first-order chi connectivity index (χ1) is 16.7. The monoisotopic (exact) mass is 468 g/mol. The predicted octanol–water partition coefficient (Wildman–Crippen LogP) is 7.09. The fourth-order valence-corrected chi connectivity index (χ4v) is 3.86. The molecule has 5 nitrogen and oxygen atoms in total. The van der Waals surface area contributed by atoms with Crippen molar-refractivity contribution in [3.63, 3.8) is 0 Å². The third kappa shape index (κ3) is 5.19. The molecule has 5 heteroatoms. The van der Waals surface area contributed by atoms with Crippen LogP contribution in [0.5, 0.6) is 5.75 Å². The number of carbonyl (C=O) groups excluding carboxylic acids is 2. The summed E-state index contributed by atoms with van der Waals surface area (Å²) in [7, 11) is 0. The van der Waals surface area contributed by atoms with Crippen LogP contribution in [0.1, 0.15) is 31.4 Å². The molecule has 0 aliphatic rings. The Morgan fingerprint density at radius 2 is 1.51 bits per heavy atom. The summed E-state index contributed by atoms with van der Waals surface area (Å²) in [5, 5.41) is 1.98. The summed E-state index contributed by atoms with van der Waals surface area (Å²) in [6, 6.07) is 18.2. The van der Waals surface area contributed by atoms with Crippen molar-refractivity contribution < 1.29 is 23.5 Å². The summed E-state index contributed by atoms with van der Waals surface area (Å²) in [4.78, 5) is 23.4. The van der Waals surface area contributed by atoms with Gasteiger partial charge >= 0.3 is 11.9 Å². The Kier molecular flexibility index (Phi) is 6.87. The van der Waals surface area contributed by atoms with Crippen molar-refractivity contribution in [3.8, 4) is 16.9 Å². The van der Waals surface area contributed by atoms with Crippen molar-refractivity contribution >= 4 is 33.9 Å². The summed E-state index contributed by atoms with van der Waals surface area (Å²) >= 11 is 0. The fourth-order valence-electron chi connectivity index (χ4n) is 3.86. The summed E-state index contributed by atoms with van der Waals surface area (Å²) in [5.41, 5.74) is 6.31. The molecule has 0 atom stereocenters. The minimum atomic E-state index is -0.456. The largest absolute Gasteiger partial charge is 0.462 e. The molecule has 0 spiro atoms. The topological polar surface area (TPSA) is 65.7 Å². The molecule has 1 aromatic heterocycles. The first-order valence-electron chi connectivity index (χ1n) is 11.5. The predicted molar refractivity (Wildman–Crippen MR) is 138 cm³/mol. The molecule has 0 radical (unpaired) electrons. The van der Waals surface area contributed by atoms with Crippen molar-refractivity contribution in [2.75, 3.05) is 6.61 Å². The van der Waals surface area contributed by atoms with Crippen molar-refractivity contribution in [2.45, 2.75) is 33.6 Å².